The summed E-state index contributed by atoms with van der Waals surface area (Å²) in [6.45, 7) is 5.22. The van der Waals surface area contributed by atoms with Crippen LogP contribution in [0.25, 0.3) is 10.8 Å². The average Bonchev–Trinajstić information content (AvgIpc) is 2.47. The van der Waals surface area contributed by atoms with E-state index < -0.39 is 0 Å². The van der Waals surface area contributed by atoms with Gasteiger partial charge in [-0.15, -0.1) is 0 Å². The minimum absolute atomic E-state index is 0.0527. The molecule has 2 N–H and O–H groups in total. The number of hydrogen-bond acceptors (Lipinski definition) is 3. The van der Waals surface area contributed by atoms with E-state index in [-0.39, 0.29) is 12.6 Å². The molecule has 3 nitrogen and oxygen atoms in total. The molecule has 0 fully saturated rings. The van der Waals surface area contributed by atoms with Gasteiger partial charge in [0.05, 0.1) is 19.8 Å². The van der Waals surface area contributed by atoms with Crippen molar-refractivity contribution >= 4 is 10.8 Å². The van der Waals surface area contributed by atoms with Crippen molar-refractivity contribution in [2.24, 2.45) is 5.92 Å². The summed E-state index contributed by atoms with van der Waals surface area (Å²) in [5.41, 5.74) is 1.04. The Morgan fingerprint density at radius 2 is 1.90 bits per heavy atom. The Balaban J connectivity index is 2.48. The first-order valence-corrected chi connectivity index (χ1v) is 7.07. The van der Waals surface area contributed by atoms with E-state index in [9.17, 15) is 5.11 Å². The van der Waals surface area contributed by atoms with Crippen LogP contribution in [0.15, 0.2) is 36.4 Å². The third-order valence-corrected chi connectivity index (χ3v) is 3.45. The summed E-state index contributed by atoms with van der Waals surface area (Å²) in [6, 6.07) is 12.1. The fourth-order valence-corrected chi connectivity index (χ4v) is 2.45. The molecule has 0 aromatic heterocycles. The molecule has 0 heterocycles. The quantitative estimate of drug-likeness (QED) is 0.849. The lowest BCUT2D eigenvalue weighted by Gasteiger charge is -2.22. The van der Waals surface area contributed by atoms with Crippen LogP contribution in [0, 0.1) is 5.92 Å². The van der Waals surface area contributed by atoms with Gasteiger partial charge in [0.15, 0.2) is 0 Å². The van der Waals surface area contributed by atoms with Crippen LogP contribution in [0.2, 0.25) is 0 Å². The predicted octanol–water partition coefficient (Wildman–Crippen LogP) is 3.13. The minimum Gasteiger partial charge on any atom is -0.496 e. The Morgan fingerprint density at radius 1 is 1.15 bits per heavy atom. The zero-order valence-corrected chi connectivity index (χ0v) is 12.4. The zero-order chi connectivity index (χ0) is 14.5. The molecule has 0 saturated carbocycles. The molecule has 2 aromatic carbocycles. The smallest absolute Gasteiger partial charge is 0.124 e. The summed E-state index contributed by atoms with van der Waals surface area (Å²) in [6.07, 6.45) is 0. The topological polar surface area (TPSA) is 41.5 Å². The van der Waals surface area contributed by atoms with Gasteiger partial charge < -0.3 is 15.2 Å². The number of fused-ring (bicyclic) bond motifs is 1. The van der Waals surface area contributed by atoms with Gasteiger partial charge in [-0.2, -0.15) is 0 Å². The van der Waals surface area contributed by atoms with Crippen molar-refractivity contribution in [1.29, 1.82) is 0 Å². The summed E-state index contributed by atoms with van der Waals surface area (Å²) in [5, 5.41) is 15.5. The SMILES string of the molecule is COc1ccc2ccccc2c1C(CO)NCC(C)C. The van der Waals surface area contributed by atoms with Crippen LogP contribution in [0.1, 0.15) is 25.5 Å². The van der Waals surface area contributed by atoms with Crippen molar-refractivity contribution < 1.29 is 9.84 Å². The van der Waals surface area contributed by atoms with Crippen LogP contribution >= 0.6 is 0 Å². The maximum absolute atomic E-state index is 9.75. The Kier molecular flexibility index (Phi) is 4.99. The average molecular weight is 273 g/mol. The lowest BCUT2D eigenvalue weighted by atomic mass is 9.97. The first-order chi connectivity index (χ1) is 9.67. The van der Waals surface area contributed by atoms with Gasteiger partial charge in [0.1, 0.15) is 5.75 Å². The Bertz CT molecular complexity index is 566. The molecule has 2 aromatic rings. The van der Waals surface area contributed by atoms with E-state index in [4.69, 9.17) is 4.74 Å². The van der Waals surface area contributed by atoms with Crippen LogP contribution in [0.4, 0.5) is 0 Å². The second-order valence-electron chi connectivity index (χ2n) is 5.44. The zero-order valence-electron chi connectivity index (χ0n) is 12.4. The molecule has 0 spiro atoms. The highest BCUT2D eigenvalue weighted by molar-refractivity contribution is 5.88. The highest BCUT2D eigenvalue weighted by Gasteiger charge is 2.18. The van der Waals surface area contributed by atoms with Crippen LogP contribution in [0.3, 0.4) is 0 Å². The van der Waals surface area contributed by atoms with Crippen LogP contribution in [-0.4, -0.2) is 25.4 Å². The van der Waals surface area contributed by atoms with E-state index >= 15 is 0 Å². The second-order valence-corrected chi connectivity index (χ2v) is 5.44. The number of benzene rings is 2. The van der Waals surface area contributed by atoms with E-state index in [1.807, 2.05) is 18.2 Å². The van der Waals surface area contributed by atoms with Crippen molar-refractivity contribution in [3.05, 3.63) is 42.0 Å². The standard InChI is InChI=1S/C17H23NO2/c1-12(2)10-18-15(11-19)17-14-7-5-4-6-13(14)8-9-16(17)20-3/h4-9,12,15,18-19H,10-11H2,1-3H3. The molecular formula is C17H23NO2. The molecule has 0 aliphatic carbocycles. The van der Waals surface area contributed by atoms with Crippen molar-refractivity contribution in [3.8, 4) is 5.75 Å². The summed E-state index contributed by atoms with van der Waals surface area (Å²) in [5.74, 6) is 1.35. The fourth-order valence-electron chi connectivity index (χ4n) is 2.45. The summed E-state index contributed by atoms with van der Waals surface area (Å²) >= 11 is 0. The van der Waals surface area contributed by atoms with Gasteiger partial charge in [-0.3, -0.25) is 0 Å². The minimum atomic E-state index is -0.113. The van der Waals surface area contributed by atoms with Crippen molar-refractivity contribution in [2.75, 3.05) is 20.3 Å². The number of ether oxygens (including phenoxy) is 1. The maximum Gasteiger partial charge on any atom is 0.124 e. The van der Waals surface area contributed by atoms with Crippen LogP contribution < -0.4 is 10.1 Å². The molecule has 0 saturated heterocycles. The number of methoxy groups -OCH3 is 1. The third kappa shape index (κ3) is 3.11. The van der Waals surface area contributed by atoms with Crippen molar-refractivity contribution in [1.82, 2.24) is 5.32 Å². The normalized spacial score (nSPS) is 12.8. The van der Waals surface area contributed by atoms with Crippen LogP contribution in [-0.2, 0) is 0 Å². The number of rotatable bonds is 6. The van der Waals surface area contributed by atoms with Gasteiger partial charge in [0, 0.05) is 5.56 Å². The van der Waals surface area contributed by atoms with Crippen LogP contribution in [0.5, 0.6) is 5.75 Å². The molecule has 1 atom stereocenters. The van der Waals surface area contributed by atoms with Crippen molar-refractivity contribution in [2.45, 2.75) is 19.9 Å². The molecule has 108 valence electrons. The molecule has 2 rings (SSSR count). The summed E-state index contributed by atoms with van der Waals surface area (Å²) in [4.78, 5) is 0. The molecule has 0 amide bonds. The van der Waals surface area contributed by atoms with Crippen molar-refractivity contribution in [3.63, 3.8) is 0 Å². The monoisotopic (exact) mass is 273 g/mol. The third-order valence-electron chi connectivity index (χ3n) is 3.45. The van der Waals surface area contributed by atoms with E-state index in [2.05, 4.69) is 37.4 Å². The lowest BCUT2D eigenvalue weighted by molar-refractivity contribution is 0.238. The van der Waals surface area contributed by atoms with E-state index in [1.54, 1.807) is 7.11 Å². The summed E-state index contributed by atoms with van der Waals surface area (Å²) in [7, 11) is 1.67. The van der Waals surface area contributed by atoms with E-state index in [0.717, 1.165) is 28.6 Å². The number of nitrogens with one attached hydrogen (secondary N) is 1. The molecule has 1 unspecified atom stereocenters. The molecule has 0 aliphatic heterocycles. The first-order valence-electron chi connectivity index (χ1n) is 7.07. The van der Waals surface area contributed by atoms with Gasteiger partial charge >= 0.3 is 0 Å². The van der Waals surface area contributed by atoms with Gasteiger partial charge in [0.25, 0.3) is 0 Å². The molecule has 20 heavy (non-hydrogen) atoms. The predicted molar refractivity (Wildman–Crippen MR) is 83.2 cm³/mol. The second kappa shape index (κ2) is 6.73. The van der Waals surface area contributed by atoms with Gasteiger partial charge in [-0.25, -0.2) is 0 Å². The Labute approximate surface area is 120 Å². The number of aliphatic hydroxyl groups is 1. The van der Waals surface area contributed by atoms with Gasteiger partial charge in [-0.1, -0.05) is 44.2 Å². The molecule has 0 bridgehead atoms. The Morgan fingerprint density at radius 3 is 2.55 bits per heavy atom. The molecule has 0 aliphatic rings. The summed E-state index contributed by atoms with van der Waals surface area (Å²) < 4.78 is 5.49. The largest absolute Gasteiger partial charge is 0.496 e. The molecule has 0 radical (unpaired) electrons. The van der Waals surface area contributed by atoms with E-state index in [1.165, 1.54) is 0 Å². The molecular weight excluding hydrogens is 250 g/mol. The fraction of sp³-hybridized carbons (Fsp3) is 0.412. The molecule has 3 heteroatoms. The lowest BCUT2D eigenvalue weighted by Crippen LogP contribution is -2.28. The number of hydrogen-bond donors (Lipinski definition) is 2. The Hall–Kier alpha value is -1.58. The number of aliphatic hydroxyl groups excluding tert-OH is 1. The first kappa shape index (κ1) is 14.8. The highest BCUT2D eigenvalue weighted by Crippen LogP contribution is 2.33. The van der Waals surface area contributed by atoms with E-state index in [0.29, 0.717) is 5.92 Å². The maximum atomic E-state index is 9.75. The van der Waals surface area contributed by atoms with Gasteiger partial charge in [0.2, 0.25) is 0 Å². The van der Waals surface area contributed by atoms with Gasteiger partial charge in [-0.05, 0) is 29.3 Å². The highest BCUT2D eigenvalue weighted by atomic mass is 16.5.